The van der Waals surface area contributed by atoms with Crippen molar-refractivity contribution in [2.45, 2.75) is 39.0 Å². The largest absolute Gasteiger partial charge is 0.326 e. The van der Waals surface area contributed by atoms with Gasteiger partial charge in [-0.05, 0) is 18.1 Å². The Morgan fingerprint density at radius 2 is 1.97 bits per heavy atom. The van der Waals surface area contributed by atoms with Gasteiger partial charge in [-0.25, -0.2) is 9.07 Å². The summed E-state index contributed by atoms with van der Waals surface area (Å²) in [5.41, 5.74) is 1.12. The molecule has 8 nitrogen and oxygen atoms in total. The Kier molecular flexibility index (Phi) is 6.84. The van der Waals surface area contributed by atoms with Gasteiger partial charge in [0.25, 0.3) is 5.56 Å². The van der Waals surface area contributed by atoms with Gasteiger partial charge in [-0.2, -0.15) is 0 Å². The van der Waals surface area contributed by atoms with Crippen molar-refractivity contribution in [1.29, 1.82) is 0 Å². The first-order chi connectivity index (χ1) is 14.4. The first-order valence-corrected chi connectivity index (χ1v) is 9.50. The molecule has 1 atom stereocenters. The van der Waals surface area contributed by atoms with E-state index in [0.29, 0.717) is 5.69 Å². The second kappa shape index (κ2) is 9.73. The number of ketones is 1. The highest BCUT2D eigenvalue weighted by Crippen LogP contribution is 2.08. The fourth-order valence-electron chi connectivity index (χ4n) is 2.88. The number of rotatable bonds is 9. The number of nitrogens with zero attached hydrogens (tertiary/aromatic N) is 4. The van der Waals surface area contributed by atoms with Crippen LogP contribution in [0.1, 0.15) is 29.4 Å². The number of aromatic nitrogens is 4. The lowest BCUT2D eigenvalue weighted by atomic mass is 10.1. The number of hydrogen-bond donors (Lipinski definition) is 1. The summed E-state index contributed by atoms with van der Waals surface area (Å²) in [6, 6.07) is 12.2. The van der Waals surface area contributed by atoms with Crippen LogP contribution in [0.5, 0.6) is 0 Å². The third kappa shape index (κ3) is 5.94. The molecule has 1 amide bonds. The predicted octanol–water partition coefficient (Wildman–Crippen LogP) is 2.25. The molecule has 2 heterocycles. The quantitative estimate of drug-likeness (QED) is 0.545. The first kappa shape index (κ1) is 21.1. The van der Waals surface area contributed by atoms with Crippen molar-refractivity contribution in [3.05, 3.63) is 76.5 Å². The van der Waals surface area contributed by atoms with Crippen molar-refractivity contribution in [2.75, 3.05) is 5.32 Å². The first-order valence-electron chi connectivity index (χ1n) is 9.50. The van der Waals surface area contributed by atoms with Crippen molar-refractivity contribution >= 4 is 17.4 Å². The molecule has 0 fully saturated rings. The number of nitrogens with one attached hydrogen (secondary N) is 1. The molecule has 0 saturated carbocycles. The van der Waals surface area contributed by atoms with Crippen LogP contribution in [0.4, 0.5) is 10.1 Å². The number of Topliss-reactive ketones (excluding diaryl/α,β-unsaturated/α-hetero) is 1. The van der Waals surface area contributed by atoms with E-state index in [1.165, 1.54) is 34.6 Å². The molecule has 1 aromatic carbocycles. The Balaban J connectivity index is 1.51. The maximum atomic E-state index is 14.2. The Morgan fingerprint density at radius 1 is 1.20 bits per heavy atom. The third-order valence-electron chi connectivity index (χ3n) is 4.46. The van der Waals surface area contributed by atoms with Gasteiger partial charge in [0.2, 0.25) is 5.91 Å². The molecule has 0 saturated heterocycles. The second-order valence-corrected chi connectivity index (χ2v) is 6.93. The van der Waals surface area contributed by atoms with Crippen LogP contribution in [0.15, 0.2) is 59.7 Å². The molecule has 2 aromatic heterocycles. The lowest BCUT2D eigenvalue weighted by Gasteiger charge is -2.11. The van der Waals surface area contributed by atoms with Gasteiger partial charge in [-0.3, -0.25) is 14.4 Å². The monoisotopic (exact) mass is 411 g/mol. The number of halogens is 1. The fraction of sp³-hybridized carbons (Fsp3) is 0.286. The van der Waals surface area contributed by atoms with Gasteiger partial charge in [0.15, 0.2) is 5.78 Å². The minimum atomic E-state index is -1.26. The Labute approximate surface area is 172 Å². The SMILES string of the molecule is CC(=O)c1cn(CC(F)CCn2ccc(NC(=O)Cc3ccccc3)cc2=O)nn1. The van der Waals surface area contributed by atoms with Crippen LogP contribution in [0, 0.1) is 0 Å². The molecule has 0 radical (unpaired) electrons. The number of pyridine rings is 1. The molecular weight excluding hydrogens is 389 g/mol. The maximum absolute atomic E-state index is 14.2. The number of hydrogen-bond acceptors (Lipinski definition) is 5. The van der Waals surface area contributed by atoms with Crippen LogP contribution in [0.25, 0.3) is 0 Å². The average Bonchev–Trinajstić information content (AvgIpc) is 3.17. The van der Waals surface area contributed by atoms with Crippen molar-refractivity contribution in [3.63, 3.8) is 0 Å². The molecule has 0 spiro atoms. The Bertz CT molecular complexity index is 1080. The van der Waals surface area contributed by atoms with Crippen molar-refractivity contribution < 1.29 is 14.0 Å². The summed E-state index contributed by atoms with van der Waals surface area (Å²) in [5.74, 6) is -0.459. The molecule has 1 N–H and O–H groups in total. The van der Waals surface area contributed by atoms with Gasteiger partial charge in [0.1, 0.15) is 11.9 Å². The van der Waals surface area contributed by atoms with Crippen molar-refractivity contribution in [3.8, 4) is 0 Å². The Morgan fingerprint density at radius 3 is 2.63 bits per heavy atom. The zero-order valence-electron chi connectivity index (χ0n) is 16.5. The molecule has 0 aliphatic rings. The molecule has 9 heteroatoms. The van der Waals surface area contributed by atoms with Gasteiger partial charge in [0, 0.05) is 31.4 Å². The number of alkyl halides is 1. The van der Waals surface area contributed by atoms with E-state index in [-0.39, 0.29) is 48.9 Å². The van der Waals surface area contributed by atoms with Crippen molar-refractivity contribution in [1.82, 2.24) is 19.6 Å². The smallest absolute Gasteiger partial charge is 0.252 e. The van der Waals surface area contributed by atoms with Crippen LogP contribution in [-0.4, -0.2) is 37.4 Å². The standard InChI is InChI=1S/C21H22FN5O3/c1-15(28)19-14-27(25-24-19)13-17(22)7-9-26-10-8-18(12-21(26)30)23-20(29)11-16-5-3-2-4-6-16/h2-6,8,10,12,14,17H,7,9,11,13H2,1H3,(H,23,29). The van der Waals surface area contributed by atoms with E-state index in [1.807, 2.05) is 30.3 Å². The van der Waals surface area contributed by atoms with E-state index in [0.717, 1.165) is 5.56 Å². The molecule has 1 unspecified atom stereocenters. The highest BCUT2D eigenvalue weighted by atomic mass is 19.1. The molecule has 3 aromatic rings. The van der Waals surface area contributed by atoms with Crippen LogP contribution < -0.4 is 10.9 Å². The van der Waals surface area contributed by atoms with E-state index in [2.05, 4.69) is 15.6 Å². The molecule has 0 bridgehead atoms. The predicted molar refractivity (Wildman–Crippen MR) is 109 cm³/mol. The summed E-state index contributed by atoms with van der Waals surface area (Å²) in [6.45, 7) is 1.48. The second-order valence-electron chi connectivity index (χ2n) is 6.93. The normalized spacial score (nSPS) is 11.8. The molecule has 30 heavy (non-hydrogen) atoms. The zero-order valence-corrected chi connectivity index (χ0v) is 16.5. The summed E-state index contributed by atoms with van der Waals surface area (Å²) < 4.78 is 16.9. The fourth-order valence-corrected chi connectivity index (χ4v) is 2.88. The van der Waals surface area contributed by atoms with Crippen LogP contribution >= 0.6 is 0 Å². The van der Waals surface area contributed by atoms with Gasteiger partial charge < -0.3 is 9.88 Å². The lowest BCUT2D eigenvalue weighted by molar-refractivity contribution is -0.115. The average molecular weight is 411 g/mol. The van der Waals surface area contributed by atoms with Gasteiger partial charge >= 0.3 is 0 Å². The van der Waals surface area contributed by atoms with E-state index in [9.17, 15) is 18.8 Å². The highest BCUT2D eigenvalue weighted by molar-refractivity contribution is 5.92. The van der Waals surface area contributed by atoms with Crippen LogP contribution in [0.3, 0.4) is 0 Å². The minimum Gasteiger partial charge on any atom is -0.326 e. The molecule has 0 aliphatic carbocycles. The van der Waals surface area contributed by atoms with Gasteiger partial charge in [-0.1, -0.05) is 35.5 Å². The zero-order chi connectivity index (χ0) is 21.5. The van der Waals surface area contributed by atoms with Crippen molar-refractivity contribution in [2.24, 2.45) is 0 Å². The number of anilines is 1. The summed E-state index contributed by atoms with van der Waals surface area (Å²) in [6.07, 6.45) is 1.96. The lowest BCUT2D eigenvalue weighted by Crippen LogP contribution is -2.23. The van der Waals surface area contributed by atoms with E-state index >= 15 is 0 Å². The molecule has 0 aliphatic heterocycles. The topological polar surface area (TPSA) is 98.9 Å². The number of benzene rings is 1. The number of amides is 1. The number of carbonyl (C=O) groups is 2. The summed E-state index contributed by atoms with van der Waals surface area (Å²) >= 11 is 0. The highest BCUT2D eigenvalue weighted by Gasteiger charge is 2.12. The molecule has 3 rings (SSSR count). The van der Waals surface area contributed by atoms with Crippen LogP contribution in [-0.2, 0) is 24.3 Å². The summed E-state index contributed by atoms with van der Waals surface area (Å²) in [4.78, 5) is 35.6. The van der Waals surface area contributed by atoms with Crippen LogP contribution in [0.2, 0.25) is 0 Å². The third-order valence-corrected chi connectivity index (χ3v) is 4.46. The molecular formula is C21H22FN5O3. The molecule has 156 valence electrons. The van der Waals surface area contributed by atoms with Gasteiger partial charge in [-0.15, -0.1) is 5.10 Å². The number of aryl methyl sites for hydroxylation is 1. The van der Waals surface area contributed by atoms with E-state index < -0.39 is 6.17 Å². The maximum Gasteiger partial charge on any atom is 0.252 e. The minimum absolute atomic E-state index is 0.0529. The van der Waals surface area contributed by atoms with E-state index in [1.54, 1.807) is 6.07 Å². The summed E-state index contributed by atoms with van der Waals surface area (Å²) in [7, 11) is 0. The summed E-state index contributed by atoms with van der Waals surface area (Å²) in [5, 5.41) is 10.1. The van der Waals surface area contributed by atoms with Gasteiger partial charge in [0.05, 0.1) is 19.2 Å². The van der Waals surface area contributed by atoms with E-state index in [4.69, 9.17) is 0 Å². The Hall–Kier alpha value is -3.62. The number of carbonyl (C=O) groups excluding carboxylic acids is 2.